The minimum atomic E-state index is -0.0651. The van der Waals surface area contributed by atoms with Gasteiger partial charge in [0.15, 0.2) is 0 Å². The number of halogens is 2. The molecular weight excluding hydrogens is 293 g/mol. The summed E-state index contributed by atoms with van der Waals surface area (Å²) in [6.07, 6.45) is 0. The van der Waals surface area contributed by atoms with Gasteiger partial charge in [-0.3, -0.25) is 0 Å². The second-order valence-corrected chi connectivity index (χ2v) is 4.75. The maximum Gasteiger partial charge on any atom is 0.143 e. The van der Waals surface area contributed by atoms with Crippen LogP contribution in [-0.4, -0.2) is 17.6 Å². The normalized spacial score (nSPS) is 13.6. The van der Waals surface area contributed by atoms with Gasteiger partial charge in [0.1, 0.15) is 5.84 Å². The minimum absolute atomic E-state index is 0.0651. The van der Waals surface area contributed by atoms with E-state index in [9.17, 15) is 0 Å². The van der Waals surface area contributed by atoms with Crippen LogP contribution >= 0.6 is 27.5 Å². The van der Waals surface area contributed by atoms with Gasteiger partial charge in [-0.05, 0) is 18.2 Å². The molecule has 1 atom stereocenters. The fraction of sp³-hybridized carbons (Fsp3) is 0.300. The van der Waals surface area contributed by atoms with Crippen LogP contribution in [-0.2, 0) is 0 Å². The zero-order chi connectivity index (χ0) is 12.1. The molecule has 88 valence electrons. The Morgan fingerprint density at radius 3 is 2.94 bits per heavy atom. The largest absolute Gasteiger partial charge is 0.409 e. The lowest BCUT2D eigenvalue weighted by atomic mass is 10.1. The molecule has 1 rings (SSSR count). The first kappa shape index (κ1) is 13.1. The van der Waals surface area contributed by atoms with E-state index >= 15 is 0 Å². The summed E-state index contributed by atoms with van der Waals surface area (Å²) in [6.45, 7) is 2.41. The van der Waals surface area contributed by atoms with E-state index in [4.69, 9.17) is 22.5 Å². The predicted molar refractivity (Wildman–Crippen MR) is 70.2 cm³/mol. The molecule has 1 unspecified atom stereocenters. The van der Waals surface area contributed by atoms with Gasteiger partial charge < -0.3 is 16.3 Å². The zero-order valence-corrected chi connectivity index (χ0v) is 11.1. The van der Waals surface area contributed by atoms with Crippen LogP contribution in [0, 0.1) is 5.92 Å². The summed E-state index contributed by atoms with van der Waals surface area (Å²) in [4.78, 5) is 0. The molecule has 0 heterocycles. The summed E-state index contributed by atoms with van der Waals surface area (Å²) in [5.41, 5.74) is 6.28. The molecule has 16 heavy (non-hydrogen) atoms. The van der Waals surface area contributed by atoms with E-state index in [2.05, 4.69) is 26.4 Å². The summed E-state index contributed by atoms with van der Waals surface area (Å²) in [7, 11) is 0. The van der Waals surface area contributed by atoms with Gasteiger partial charge in [-0.1, -0.05) is 39.6 Å². The molecule has 0 amide bonds. The molecular formula is C10H13BrClN3O. The molecule has 0 saturated carbocycles. The van der Waals surface area contributed by atoms with Crippen LogP contribution < -0.4 is 11.1 Å². The number of nitrogens with zero attached hydrogens (tertiary/aromatic N) is 1. The monoisotopic (exact) mass is 305 g/mol. The van der Waals surface area contributed by atoms with E-state index in [0.29, 0.717) is 11.6 Å². The van der Waals surface area contributed by atoms with Crippen LogP contribution in [0.25, 0.3) is 0 Å². The van der Waals surface area contributed by atoms with E-state index in [1.54, 1.807) is 6.07 Å². The lowest BCUT2D eigenvalue weighted by molar-refractivity contribution is 0.315. The van der Waals surface area contributed by atoms with Crippen LogP contribution in [0.15, 0.2) is 27.8 Å². The number of benzene rings is 1. The highest BCUT2D eigenvalue weighted by molar-refractivity contribution is 9.10. The summed E-state index contributed by atoms with van der Waals surface area (Å²) in [5.74, 6) is 0.130. The number of anilines is 1. The quantitative estimate of drug-likeness (QED) is 0.347. The van der Waals surface area contributed by atoms with Gasteiger partial charge in [-0.15, -0.1) is 0 Å². The van der Waals surface area contributed by atoms with Gasteiger partial charge in [0.2, 0.25) is 0 Å². The van der Waals surface area contributed by atoms with Crippen molar-refractivity contribution < 1.29 is 5.21 Å². The van der Waals surface area contributed by atoms with Crippen molar-refractivity contribution in [1.29, 1.82) is 0 Å². The fourth-order valence-electron chi connectivity index (χ4n) is 1.10. The molecule has 0 aliphatic heterocycles. The molecule has 0 aliphatic carbocycles. The molecule has 0 aliphatic rings. The molecule has 0 saturated heterocycles. The molecule has 0 fully saturated rings. The van der Waals surface area contributed by atoms with Crippen LogP contribution in [0.5, 0.6) is 0 Å². The third-order valence-electron chi connectivity index (χ3n) is 2.15. The van der Waals surface area contributed by atoms with Gasteiger partial charge in [0, 0.05) is 16.9 Å². The topological polar surface area (TPSA) is 70.6 Å². The number of nitrogens with two attached hydrogens (primary N) is 1. The Kier molecular flexibility index (Phi) is 4.89. The van der Waals surface area contributed by atoms with Crippen LogP contribution in [0.4, 0.5) is 5.69 Å². The summed E-state index contributed by atoms with van der Waals surface area (Å²) >= 11 is 9.35. The molecule has 0 aromatic heterocycles. The lowest BCUT2D eigenvalue weighted by Crippen LogP contribution is -2.27. The van der Waals surface area contributed by atoms with Crippen molar-refractivity contribution in [1.82, 2.24) is 0 Å². The van der Waals surface area contributed by atoms with Crippen molar-refractivity contribution in [2.75, 3.05) is 11.9 Å². The Balaban J connectivity index is 2.61. The third kappa shape index (κ3) is 3.57. The van der Waals surface area contributed by atoms with Crippen molar-refractivity contribution >= 4 is 39.1 Å². The number of rotatable bonds is 4. The molecule has 0 bridgehead atoms. The lowest BCUT2D eigenvalue weighted by Gasteiger charge is -2.13. The van der Waals surface area contributed by atoms with Gasteiger partial charge >= 0.3 is 0 Å². The third-order valence-corrected chi connectivity index (χ3v) is 2.96. The van der Waals surface area contributed by atoms with E-state index in [-0.39, 0.29) is 11.8 Å². The Morgan fingerprint density at radius 1 is 1.69 bits per heavy atom. The molecule has 1 aromatic carbocycles. The van der Waals surface area contributed by atoms with Crippen molar-refractivity contribution in [3.05, 3.63) is 27.7 Å². The first-order valence-electron chi connectivity index (χ1n) is 4.71. The average Bonchev–Trinajstić information content (AvgIpc) is 2.26. The Morgan fingerprint density at radius 2 is 2.38 bits per heavy atom. The number of nitrogens with one attached hydrogen (secondary N) is 1. The molecule has 6 heteroatoms. The summed E-state index contributed by atoms with van der Waals surface area (Å²) in [6, 6.07) is 5.56. The molecule has 0 spiro atoms. The van der Waals surface area contributed by atoms with Crippen molar-refractivity contribution in [2.24, 2.45) is 16.8 Å². The Hall–Kier alpha value is -0.940. The first-order valence-corrected chi connectivity index (χ1v) is 5.88. The van der Waals surface area contributed by atoms with Crippen LogP contribution in [0.2, 0.25) is 5.02 Å². The highest BCUT2D eigenvalue weighted by Gasteiger charge is 2.08. The van der Waals surface area contributed by atoms with Gasteiger partial charge in [0.25, 0.3) is 0 Å². The average molecular weight is 307 g/mol. The van der Waals surface area contributed by atoms with E-state index in [0.717, 1.165) is 10.2 Å². The molecule has 4 N–H and O–H groups in total. The van der Waals surface area contributed by atoms with Crippen molar-refractivity contribution in [3.8, 4) is 0 Å². The second-order valence-electron chi connectivity index (χ2n) is 3.43. The van der Waals surface area contributed by atoms with E-state index in [1.807, 2.05) is 19.1 Å². The SMILES string of the molecule is CC(CNc1ccc(Br)cc1Cl)C(N)=NO. The van der Waals surface area contributed by atoms with Crippen molar-refractivity contribution in [2.45, 2.75) is 6.92 Å². The predicted octanol–water partition coefficient (Wildman–Crippen LogP) is 2.90. The Labute approximate surface area is 108 Å². The first-order chi connectivity index (χ1) is 7.54. The highest BCUT2D eigenvalue weighted by Crippen LogP contribution is 2.25. The molecule has 1 aromatic rings. The number of hydrogen-bond acceptors (Lipinski definition) is 3. The Bertz CT molecular complexity index is 398. The van der Waals surface area contributed by atoms with Crippen LogP contribution in [0.3, 0.4) is 0 Å². The fourth-order valence-corrected chi connectivity index (χ4v) is 1.84. The highest BCUT2D eigenvalue weighted by atomic mass is 79.9. The van der Waals surface area contributed by atoms with Crippen LogP contribution in [0.1, 0.15) is 6.92 Å². The maximum atomic E-state index is 8.50. The summed E-state index contributed by atoms with van der Waals surface area (Å²) in [5, 5.41) is 15.2. The van der Waals surface area contributed by atoms with E-state index < -0.39 is 0 Å². The van der Waals surface area contributed by atoms with Gasteiger partial charge in [-0.25, -0.2) is 0 Å². The smallest absolute Gasteiger partial charge is 0.143 e. The number of amidine groups is 1. The maximum absolute atomic E-state index is 8.50. The minimum Gasteiger partial charge on any atom is -0.409 e. The van der Waals surface area contributed by atoms with Gasteiger partial charge in [-0.2, -0.15) is 0 Å². The van der Waals surface area contributed by atoms with E-state index in [1.165, 1.54) is 0 Å². The molecule has 0 radical (unpaired) electrons. The zero-order valence-electron chi connectivity index (χ0n) is 8.74. The standard InChI is InChI=1S/C10H13BrClN3O/c1-6(10(13)15-16)5-14-9-3-2-7(11)4-8(9)12/h2-4,6,14,16H,5H2,1H3,(H2,13,15). The second kappa shape index (κ2) is 5.96. The van der Waals surface area contributed by atoms with Gasteiger partial charge in [0.05, 0.1) is 10.7 Å². The number of oxime groups is 1. The molecule has 4 nitrogen and oxygen atoms in total. The summed E-state index contributed by atoms with van der Waals surface area (Å²) < 4.78 is 0.924. The number of hydrogen-bond donors (Lipinski definition) is 3. The van der Waals surface area contributed by atoms with Crippen molar-refractivity contribution in [3.63, 3.8) is 0 Å².